The Morgan fingerprint density at radius 3 is 2.39 bits per heavy atom. The Bertz CT molecular complexity index is 699. The van der Waals surface area contributed by atoms with E-state index < -0.39 is 5.97 Å². The molecule has 1 aliphatic heterocycles. The molecule has 8 heteroatoms. The summed E-state index contributed by atoms with van der Waals surface area (Å²) < 4.78 is 0. The van der Waals surface area contributed by atoms with E-state index >= 15 is 0 Å². The van der Waals surface area contributed by atoms with Gasteiger partial charge in [-0.1, -0.05) is 20.3 Å². The predicted octanol–water partition coefficient (Wildman–Crippen LogP) is 1.77. The van der Waals surface area contributed by atoms with Crippen LogP contribution >= 0.6 is 0 Å². The first-order valence-corrected chi connectivity index (χ1v) is 9.85. The van der Waals surface area contributed by atoms with Crippen LogP contribution in [0, 0.1) is 0 Å². The van der Waals surface area contributed by atoms with Crippen molar-refractivity contribution in [3.05, 3.63) is 23.8 Å². The number of carbonyl (C=O) groups excluding carboxylic acids is 2. The summed E-state index contributed by atoms with van der Waals surface area (Å²) in [5.41, 5.74) is 1.20. The largest absolute Gasteiger partial charge is 0.478 e. The summed E-state index contributed by atoms with van der Waals surface area (Å²) in [6.45, 7) is 7.80. The number of carboxylic acids is 1. The third-order valence-electron chi connectivity index (χ3n) is 4.79. The molecule has 0 aliphatic carbocycles. The second-order valence-electron chi connectivity index (χ2n) is 6.90. The molecule has 154 valence electrons. The van der Waals surface area contributed by atoms with E-state index in [9.17, 15) is 19.5 Å². The van der Waals surface area contributed by atoms with Gasteiger partial charge in [-0.05, 0) is 24.6 Å². The predicted molar refractivity (Wildman–Crippen MR) is 109 cm³/mol. The summed E-state index contributed by atoms with van der Waals surface area (Å²) in [5.74, 6) is -1.25. The molecule has 0 bridgehead atoms. The Balaban J connectivity index is 1.94. The van der Waals surface area contributed by atoms with Gasteiger partial charge in [-0.15, -0.1) is 0 Å². The normalized spacial score (nSPS) is 14.6. The van der Waals surface area contributed by atoms with Gasteiger partial charge in [0, 0.05) is 44.8 Å². The van der Waals surface area contributed by atoms with Gasteiger partial charge in [-0.3, -0.25) is 14.5 Å². The van der Waals surface area contributed by atoms with Gasteiger partial charge in [0.25, 0.3) is 0 Å². The molecule has 0 spiro atoms. The van der Waals surface area contributed by atoms with Gasteiger partial charge in [0.05, 0.1) is 17.8 Å². The van der Waals surface area contributed by atoms with E-state index in [1.165, 1.54) is 0 Å². The zero-order valence-corrected chi connectivity index (χ0v) is 16.7. The SMILES string of the molecule is CCCCNC(=O)CN1CCN(c2ccc(NC(=O)CC)c(C(=O)O)c2)CC1. The molecular formula is C20H30N4O4. The Morgan fingerprint density at radius 1 is 1.07 bits per heavy atom. The van der Waals surface area contributed by atoms with Crippen LogP contribution in [-0.4, -0.2) is 67.1 Å². The fourth-order valence-electron chi connectivity index (χ4n) is 3.08. The van der Waals surface area contributed by atoms with Crippen LogP contribution in [0.1, 0.15) is 43.5 Å². The van der Waals surface area contributed by atoms with Crippen molar-refractivity contribution in [2.75, 3.05) is 49.5 Å². The van der Waals surface area contributed by atoms with Gasteiger partial charge in [0.2, 0.25) is 11.8 Å². The zero-order chi connectivity index (χ0) is 20.5. The third-order valence-corrected chi connectivity index (χ3v) is 4.79. The minimum atomic E-state index is -1.07. The van der Waals surface area contributed by atoms with Crippen molar-refractivity contribution >= 4 is 29.2 Å². The van der Waals surface area contributed by atoms with E-state index in [-0.39, 0.29) is 23.8 Å². The molecule has 1 heterocycles. The second kappa shape index (κ2) is 10.7. The van der Waals surface area contributed by atoms with Crippen LogP contribution < -0.4 is 15.5 Å². The van der Waals surface area contributed by atoms with Crippen molar-refractivity contribution < 1.29 is 19.5 Å². The maximum Gasteiger partial charge on any atom is 0.337 e. The van der Waals surface area contributed by atoms with E-state index in [4.69, 9.17) is 0 Å². The highest BCUT2D eigenvalue weighted by molar-refractivity contribution is 6.01. The topological polar surface area (TPSA) is 102 Å². The van der Waals surface area contributed by atoms with Crippen LogP contribution in [0.15, 0.2) is 18.2 Å². The van der Waals surface area contributed by atoms with E-state index in [2.05, 4.69) is 27.4 Å². The van der Waals surface area contributed by atoms with Gasteiger partial charge >= 0.3 is 5.97 Å². The Kier molecular flexibility index (Phi) is 8.25. The van der Waals surface area contributed by atoms with Crippen molar-refractivity contribution in [3.8, 4) is 0 Å². The third kappa shape index (κ3) is 6.23. The Labute approximate surface area is 165 Å². The number of amides is 2. The highest BCUT2D eigenvalue weighted by Gasteiger charge is 2.21. The van der Waals surface area contributed by atoms with Gasteiger partial charge in [-0.25, -0.2) is 4.79 Å². The minimum absolute atomic E-state index is 0.0473. The number of carboxylic acid groups (broad SMARTS) is 1. The number of nitrogens with one attached hydrogen (secondary N) is 2. The number of nitrogens with zero attached hydrogens (tertiary/aromatic N) is 2. The molecule has 1 fully saturated rings. The van der Waals surface area contributed by atoms with Crippen molar-refractivity contribution in [1.29, 1.82) is 0 Å². The number of hydrogen-bond acceptors (Lipinski definition) is 5. The number of hydrogen-bond donors (Lipinski definition) is 3. The van der Waals surface area contributed by atoms with Gasteiger partial charge in [-0.2, -0.15) is 0 Å². The molecule has 3 N–H and O–H groups in total. The zero-order valence-electron chi connectivity index (χ0n) is 16.7. The molecule has 0 radical (unpaired) electrons. The lowest BCUT2D eigenvalue weighted by atomic mass is 10.1. The van der Waals surface area contributed by atoms with Crippen molar-refractivity contribution in [2.24, 2.45) is 0 Å². The molecule has 1 aliphatic rings. The fourth-order valence-corrected chi connectivity index (χ4v) is 3.08. The smallest absolute Gasteiger partial charge is 0.337 e. The highest BCUT2D eigenvalue weighted by Crippen LogP contribution is 2.24. The number of anilines is 2. The number of carbonyl (C=O) groups is 3. The average Bonchev–Trinajstić information content (AvgIpc) is 2.69. The van der Waals surface area contributed by atoms with Crippen LogP contribution in [0.5, 0.6) is 0 Å². The summed E-state index contributed by atoms with van der Waals surface area (Å²) in [4.78, 5) is 39.3. The standard InChI is InChI=1S/C20H30N4O4/c1-3-5-8-21-19(26)14-23-9-11-24(12-10-23)15-6-7-17(22-18(25)4-2)16(13-15)20(27)28/h6-7,13H,3-5,8-12,14H2,1-2H3,(H,21,26)(H,22,25)(H,27,28). The molecule has 2 amide bonds. The summed E-state index contributed by atoms with van der Waals surface area (Å²) in [5, 5.41) is 15.0. The monoisotopic (exact) mass is 390 g/mol. The van der Waals surface area contributed by atoms with E-state index in [1.807, 2.05) is 6.07 Å². The highest BCUT2D eigenvalue weighted by atomic mass is 16.4. The van der Waals surface area contributed by atoms with E-state index in [0.29, 0.717) is 31.9 Å². The molecule has 1 aromatic carbocycles. The number of benzene rings is 1. The van der Waals surface area contributed by atoms with Crippen LogP contribution in [0.25, 0.3) is 0 Å². The first-order chi connectivity index (χ1) is 13.4. The number of rotatable bonds is 9. The summed E-state index contributed by atoms with van der Waals surface area (Å²) >= 11 is 0. The Morgan fingerprint density at radius 2 is 1.79 bits per heavy atom. The van der Waals surface area contributed by atoms with Crippen molar-refractivity contribution in [3.63, 3.8) is 0 Å². The molecule has 28 heavy (non-hydrogen) atoms. The van der Waals surface area contributed by atoms with Crippen LogP contribution in [-0.2, 0) is 9.59 Å². The molecule has 2 rings (SSSR count). The molecule has 1 aromatic rings. The van der Waals surface area contributed by atoms with Crippen LogP contribution in [0.2, 0.25) is 0 Å². The van der Waals surface area contributed by atoms with Gasteiger partial charge in [0.15, 0.2) is 0 Å². The number of unbranched alkanes of at least 4 members (excludes halogenated alkanes) is 1. The molecule has 0 aromatic heterocycles. The molecule has 8 nitrogen and oxygen atoms in total. The Hall–Kier alpha value is -2.61. The fraction of sp³-hybridized carbons (Fsp3) is 0.550. The molecule has 0 atom stereocenters. The average molecular weight is 390 g/mol. The van der Waals surface area contributed by atoms with E-state index in [0.717, 1.165) is 31.6 Å². The van der Waals surface area contributed by atoms with Gasteiger partial charge in [0.1, 0.15) is 0 Å². The molecule has 0 unspecified atom stereocenters. The first kappa shape index (κ1) is 21.7. The summed E-state index contributed by atoms with van der Waals surface area (Å²) in [6.07, 6.45) is 2.33. The number of aromatic carboxylic acids is 1. The maximum atomic E-state index is 11.9. The first-order valence-electron chi connectivity index (χ1n) is 9.85. The van der Waals surface area contributed by atoms with Crippen LogP contribution in [0.3, 0.4) is 0 Å². The van der Waals surface area contributed by atoms with Gasteiger partial charge < -0.3 is 20.6 Å². The van der Waals surface area contributed by atoms with Crippen molar-refractivity contribution in [1.82, 2.24) is 10.2 Å². The minimum Gasteiger partial charge on any atom is -0.478 e. The van der Waals surface area contributed by atoms with Crippen molar-refractivity contribution in [2.45, 2.75) is 33.1 Å². The lowest BCUT2D eigenvalue weighted by Crippen LogP contribution is -2.49. The lowest BCUT2D eigenvalue weighted by molar-refractivity contribution is -0.122. The number of piperazine rings is 1. The second-order valence-corrected chi connectivity index (χ2v) is 6.90. The maximum absolute atomic E-state index is 11.9. The van der Waals surface area contributed by atoms with E-state index in [1.54, 1.807) is 19.1 Å². The molecule has 0 saturated carbocycles. The quantitative estimate of drug-likeness (QED) is 0.556. The summed E-state index contributed by atoms with van der Waals surface area (Å²) in [7, 11) is 0. The molecular weight excluding hydrogens is 360 g/mol. The molecule has 1 saturated heterocycles. The summed E-state index contributed by atoms with van der Waals surface area (Å²) in [6, 6.07) is 5.06. The lowest BCUT2D eigenvalue weighted by Gasteiger charge is -2.36. The van der Waals surface area contributed by atoms with Crippen LogP contribution in [0.4, 0.5) is 11.4 Å².